The van der Waals surface area contributed by atoms with E-state index in [9.17, 15) is 22.8 Å². The molecule has 2 heterocycles. The molecule has 3 aromatic carbocycles. The maximum Gasteiger partial charge on any atom is 0.471 e. The standard InChI is InChI=1S/C33H33F3N10O3/c1-45(2)26-14-12-25(13-15-26)44-43-24-10-8-23(9-11-24)29(47)38-16-3-17-46-20-40-27-28(46)41-32(37)42-30(27)49-19-22-6-4-21(5-7-22)18-39-31(48)33(34,35)36/h4-15,20H,3,16-19H2,1-2H3,(H,38,47)(H,39,48)(H2,37,41,42). The molecule has 0 unspecified atom stereocenters. The van der Waals surface area contributed by atoms with Crippen LogP contribution in [0.2, 0.25) is 0 Å². The van der Waals surface area contributed by atoms with Crippen molar-refractivity contribution in [3.8, 4) is 5.88 Å². The monoisotopic (exact) mass is 674 g/mol. The average molecular weight is 675 g/mol. The van der Waals surface area contributed by atoms with Gasteiger partial charge in [0.05, 0.1) is 17.7 Å². The summed E-state index contributed by atoms with van der Waals surface area (Å²) in [6, 6.07) is 21.0. The first kappa shape index (κ1) is 34.3. The highest BCUT2D eigenvalue weighted by molar-refractivity contribution is 5.94. The molecule has 0 radical (unpaired) electrons. The predicted molar refractivity (Wildman–Crippen MR) is 177 cm³/mol. The molecule has 2 amide bonds. The first-order valence-electron chi connectivity index (χ1n) is 15.1. The van der Waals surface area contributed by atoms with Crippen molar-refractivity contribution in [3.63, 3.8) is 0 Å². The van der Waals surface area contributed by atoms with Crippen LogP contribution >= 0.6 is 0 Å². The first-order valence-corrected chi connectivity index (χ1v) is 15.1. The number of hydrogen-bond acceptors (Lipinski definition) is 10. The molecular formula is C33H33F3N10O3. The maximum absolute atomic E-state index is 12.7. The third-order valence-electron chi connectivity index (χ3n) is 7.20. The summed E-state index contributed by atoms with van der Waals surface area (Å²) in [7, 11) is 3.93. The summed E-state index contributed by atoms with van der Waals surface area (Å²) in [4.78, 5) is 38.5. The number of aryl methyl sites for hydroxylation is 1. The number of hydrogen-bond donors (Lipinski definition) is 3. The number of halogens is 3. The van der Waals surface area contributed by atoms with E-state index < -0.39 is 12.1 Å². The van der Waals surface area contributed by atoms with E-state index in [2.05, 4.69) is 30.5 Å². The molecule has 2 aromatic heterocycles. The van der Waals surface area contributed by atoms with Crippen molar-refractivity contribution in [1.82, 2.24) is 30.2 Å². The number of nitrogens with one attached hydrogen (secondary N) is 2. The Morgan fingerprint density at radius 1 is 0.898 bits per heavy atom. The Bertz CT molecular complexity index is 1930. The van der Waals surface area contributed by atoms with Crippen molar-refractivity contribution in [1.29, 1.82) is 0 Å². The Kier molecular flexibility index (Phi) is 10.7. The van der Waals surface area contributed by atoms with E-state index >= 15 is 0 Å². The van der Waals surface area contributed by atoms with Gasteiger partial charge in [-0.05, 0) is 66.1 Å². The highest BCUT2D eigenvalue weighted by Gasteiger charge is 2.38. The number of ether oxygens (including phenoxy) is 1. The molecule has 0 bridgehead atoms. The van der Waals surface area contributed by atoms with Crippen molar-refractivity contribution in [3.05, 3.63) is 95.8 Å². The number of azo groups is 1. The van der Waals surface area contributed by atoms with Crippen LogP contribution in [0.3, 0.4) is 0 Å². The van der Waals surface area contributed by atoms with Crippen LogP contribution in [0.5, 0.6) is 5.88 Å². The number of nitrogens with zero attached hydrogens (tertiary/aromatic N) is 7. The van der Waals surface area contributed by atoms with Crippen LogP contribution in [0.4, 0.5) is 36.2 Å². The lowest BCUT2D eigenvalue weighted by atomic mass is 10.1. The molecule has 5 aromatic rings. The van der Waals surface area contributed by atoms with Crippen LogP contribution in [-0.4, -0.2) is 58.1 Å². The van der Waals surface area contributed by atoms with Crippen LogP contribution in [0.15, 0.2) is 89.4 Å². The lowest BCUT2D eigenvalue weighted by Crippen LogP contribution is -2.36. The van der Waals surface area contributed by atoms with E-state index in [1.165, 1.54) is 0 Å². The molecule has 0 saturated heterocycles. The molecule has 254 valence electrons. The van der Waals surface area contributed by atoms with Gasteiger partial charge in [-0.25, -0.2) is 4.98 Å². The molecule has 49 heavy (non-hydrogen) atoms. The second-order valence-electron chi connectivity index (χ2n) is 11.0. The van der Waals surface area contributed by atoms with Gasteiger partial charge in [0.25, 0.3) is 5.91 Å². The molecule has 0 aliphatic carbocycles. The maximum atomic E-state index is 12.7. The predicted octanol–water partition coefficient (Wildman–Crippen LogP) is 5.47. The lowest BCUT2D eigenvalue weighted by Gasteiger charge is -2.11. The molecule has 4 N–H and O–H groups in total. The first-order chi connectivity index (χ1) is 23.5. The minimum absolute atomic E-state index is 0.0153. The van der Waals surface area contributed by atoms with E-state index in [1.807, 2.05) is 48.6 Å². The number of amides is 2. The third-order valence-corrected chi connectivity index (χ3v) is 7.20. The molecular weight excluding hydrogens is 641 g/mol. The number of anilines is 2. The molecule has 0 aliphatic rings. The number of benzene rings is 3. The summed E-state index contributed by atoms with van der Waals surface area (Å²) < 4.78 is 44.8. The number of nitrogens with two attached hydrogens (primary N) is 1. The third kappa shape index (κ3) is 9.27. The minimum Gasteiger partial charge on any atom is -0.471 e. The van der Waals surface area contributed by atoms with Crippen molar-refractivity contribution >= 4 is 46.0 Å². The minimum atomic E-state index is -4.94. The van der Waals surface area contributed by atoms with E-state index in [-0.39, 0.29) is 30.9 Å². The summed E-state index contributed by atoms with van der Waals surface area (Å²) in [5.74, 6) is -2.07. The fourth-order valence-corrected chi connectivity index (χ4v) is 4.55. The van der Waals surface area contributed by atoms with Gasteiger partial charge in [-0.2, -0.15) is 33.4 Å². The molecule has 0 fully saturated rings. The molecule has 16 heteroatoms. The Labute approximate surface area is 279 Å². The van der Waals surface area contributed by atoms with Crippen molar-refractivity contribution in [2.75, 3.05) is 31.3 Å². The van der Waals surface area contributed by atoms with Crippen LogP contribution in [0.25, 0.3) is 11.2 Å². The molecule has 0 aliphatic heterocycles. The number of alkyl halides is 3. The summed E-state index contributed by atoms with van der Waals surface area (Å²) >= 11 is 0. The van der Waals surface area contributed by atoms with Gasteiger partial charge in [0, 0.05) is 45.0 Å². The van der Waals surface area contributed by atoms with Gasteiger partial charge in [-0.15, -0.1) is 0 Å². The number of imidazole rings is 1. The van der Waals surface area contributed by atoms with Gasteiger partial charge in [0.1, 0.15) is 6.61 Å². The van der Waals surface area contributed by atoms with Gasteiger partial charge >= 0.3 is 12.1 Å². The van der Waals surface area contributed by atoms with Gasteiger partial charge in [-0.3, -0.25) is 9.59 Å². The van der Waals surface area contributed by atoms with Crippen molar-refractivity contribution < 1.29 is 27.5 Å². The molecule has 0 spiro atoms. The Hall–Kier alpha value is -6.06. The summed E-state index contributed by atoms with van der Waals surface area (Å²) in [6.45, 7) is 0.684. The second-order valence-corrected chi connectivity index (χ2v) is 11.0. The fourth-order valence-electron chi connectivity index (χ4n) is 4.55. The Balaban J connectivity index is 1.10. The summed E-state index contributed by atoms with van der Waals surface area (Å²) in [6.07, 6.45) is -2.78. The number of carbonyl (C=O) groups excluding carboxylic acids is 2. The zero-order valence-electron chi connectivity index (χ0n) is 26.6. The van der Waals surface area contributed by atoms with E-state index in [4.69, 9.17) is 10.5 Å². The van der Waals surface area contributed by atoms with Crippen LogP contribution in [0.1, 0.15) is 27.9 Å². The smallest absolute Gasteiger partial charge is 0.471 e. The lowest BCUT2D eigenvalue weighted by molar-refractivity contribution is -0.173. The average Bonchev–Trinajstić information content (AvgIpc) is 3.49. The number of carbonyl (C=O) groups is 2. The Morgan fingerprint density at radius 2 is 1.53 bits per heavy atom. The fraction of sp³-hybridized carbons (Fsp3) is 0.242. The zero-order chi connectivity index (χ0) is 35.0. The summed E-state index contributed by atoms with van der Waals surface area (Å²) in [5.41, 5.74) is 10.9. The highest BCUT2D eigenvalue weighted by atomic mass is 19.4. The van der Waals surface area contributed by atoms with Crippen molar-refractivity contribution in [2.45, 2.75) is 32.3 Å². The number of aromatic nitrogens is 4. The van der Waals surface area contributed by atoms with E-state index in [1.54, 1.807) is 59.4 Å². The van der Waals surface area contributed by atoms with Gasteiger partial charge in [0.2, 0.25) is 11.8 Å². The van der Waals surface area contributed by atoms with Gasteiger partial charge in [0.15, 0.2) is 11.2 Å². The SMILES string of the molecule is CN(C)c1ccc(N=Nc2ccc(C(=O)NCCCn3cnc4c(OCc5ccc(CNC(=O)C(F)(F)F)cc5)nc(N)nc43)cc2)cc1. The molecule has 13 nitrogen and oxygen atoms in total. The van der Waals surface area contributed by atoms with E-state index in [0.29, 0.717) is 53.1 Å². The van der Waals surface area contributed by atoms with Crippen LogP contribution < -0.4 is 26.0 Å². The second kappa shape index (κ2) is 15.2. The normalized spacial score (nSPS) is 11.5. The number of nitrogen functional groups attached to an aromatic ring is 1. The topological polar surface area (TPSA) is 165 Å². The quantitative estimate of drug-likeness (QED) is 0.109. The molecule has 0 saturated carbocycles. The summed E-state index contributed by atoms with van der Waals surface area (Å²) in [5, 5.41) is 13.2. The van der Waals surface area contributed by atoms with Crippen molar-refractivity contribution in [2.24, 2.45) is 10.2 Å². The van der Waals surface area contributed by atoms with Crippen LogP contribution in [0, 0.1) is 0 Å². The molecule has 0 atom stereocenters. The molecule has 5 rings (SSSR count). The highest BCUT2D eigenvalue weighted by Crippen LogP contribution is 2.24. The zero-order valence-corrected chi connectivity index (χ0v) is 26.6. The van der Waals surface area contributed by atoms with Gasteiger partial charge < -0.3 is 30.6 Å². The van der Waals surface area contributed by atoms with Gasteiger partial charge in [-0.1, -0.05) is 24.3 Å². The van der Waals surface area contributed by atoms with E-state index in [0.717, 1.165) is 11.4 Å². The number of rotatable bonds is 13. The largest absolute Gasteiger partial charge is 0.471 e. The van der Waals surface area contributed by atoms with Crippen LogP contribution in [-0.2, 0) is 24.5 Å². The number of fused-ring (bicyclic) bond motifs is 1. The Morgan fingerprint density at radius 3 is 2.16 bits per heavy atom.